The van der Waals surface area contributed by atoms with Crippen molar-refractivity contribution in [3.8, 4) is 0 Å². The average Bonchev–Trinajstić information content (AvgIpc) is 2.71. The molecular weight excluding hydrogens is 532 g/mol. The highest BCUT2D eigenvalue weighted by molar-refractivity contribution is 7.71. The second-order valence-corrected chi connectivity index (χ2v) is 9.75. The van der Waals surface area contributed by atoms with Crippen molar-refractivity contribution in [2.24, 2.45) is 0 Å². The molecule has 0 aliphatic rings. The summed E-state index contributed by atoms with van der Waals surface area (Å²) in [5.41, 5.74) is -1.11. The zero-order chi connectivity index (χ0) is 22.2. The van der Waals surface area contributed by atoms with Crippen LogP contribution < -0.4 is 5.30 Å². The van der Waals surface area contributed by atoms with Gasteiger partial charge in [-0.2, -0.15) is 0 Å². The molecule has 1 unspecified atom stereocenters. The van der Waals surface area contributed by atoms with Crippen molar-refractivity contribution in [2.75, 3.05) is 0 Å². The third kappa shape index (κ3) is 4.40. The van der Waals surface area contributed by atoms with E-state index in [0.29, 0.717) is 0 Å². The molecule has 0 aliphatic carbocycles. The van der Waals surface area contributed by atoms with E-state index in [1.807, 2.05) is 0 Å². The number of carbonyl (C=O) groups is 2. The van der Waals surface area contributed by atoms with Crippen molar-refractivity contribution < 1.29 is 14.2 Å². The van der Waals surface area contributed by atoms with Crippen LogP contribution in [0.25, 0.3) is 0 Å². The number of hydrogen-bond donors (Lipinski definition) is 0. The van der Waals surface area contributed by atoms with E-state index in [2.05, 4.69) is 0 Å². The summed E-state index contributed by atoms with van der Waals surface area (Å²) in [5, 5.41) is -0.102. The van der Waals surface area contributed by atoms with Gasteiger partial charge in [-0.05, 0) is 30.3 Å². The fraction of sp³-hybridized carbons (Fsp3) is 0. The standard InChI is InChI=1S/C20H8Cl6O3P/c21-10-5-3-6-11(22)15(10)20(28)30(29)14-7-2-1-4-9(14)19(27)16-17(25)12(23)8-13(24)18(16)26/h1-8H. The number of rotatable bonds is 5. The summed E-state index contributed by atoms with van der Waals surface area (Å²) in [7, 11) is -2.75. The molecule has 0 bridgehead atoms. The van der Waals surface area contributed by atoms with Gasteiger partial charge in [0.25, 0.3) is 0 Å². The van der Waals surface area contributed by atoms with Crippen molar-refractivity contribution in [3.05, 3.63) is 95.4 Å². The molecule has 3 aromatic carbocycles. The number of carbonyl (C=O) groups excluding carboxylic acids is 2. The molecule has 1 radical (unpaired) electrons. The number of hydrogen-bond acceptors (Lipinski definition) is 3. The first kappa shape index (κ1) is 23.5. The third-order valence-electron chi connectivity index (χ3n) is 4.07. The Morgan fingerprint density at radius 3 is 1.77 bits per heavy atom. The molecule has 0 saturated carbocycles. The molecule has 0 aliphatic heterocycles. The molecule has 0 saturated heterocycles. The maximum absolute atomic E-state index is 13.2. The molecule has 0 spiro atoms. The van der Waals surface area contributed by atoms with Crippen molar-refractivity contribution in [2.45, 2.75) is 0 Å². The molecule has 3 nitrogen and oxygen atoms in total. The minimum Gasteiger partial charge on any atom is -0.288 e. The Kier molecular flexibility index (Phi) is 7.48. The van der Waals surface area contributed by atoms with E-state index in [9.17, 15) is 14.2 Å². The molecule has 153 valence electrons. The number of ketones is 1. The zero-order valence-electron chi connectivity index (χ0n) is 14.6. The van der Waals surface area contributed by atoms with Gasteiger partial charge in [-0.25, -0.2) is 0 Å². The topological polar surface area (TPSA) is 51.2 Å². The number of halogens is 6. The van der Waals surface area contributed by atoms with Crippen molar-refractivity contribution >= 4 is 94.0 Å². The predicted molar refractivity (Wildman–Crippen MR) is 124 cm³/mol. The smallest absolute Gasteiger partial charge is 0.249 e. The van der Waals surface area contributed by atoms with E-state index < -0.39 is 19.1 Å². The highest BCUT2D eigenvalue weighted by Gasteiger charge is 2.29. The Morgan fingerprint density at radius 2 is 1.20 bits per heavy atom. The summed E-state index contributed by atoms with van der Waals surface area (Å²) >= 11 is 36.5. The predicted octanol–water partition coefficient (Wildman–Crippen LogP) is 8.13. The van der Waals surface area contributed by atoms with E-state index >= 15 is 0 Å². The molecule has 0 N–H and O–H groups in total. The summed E-state index contributed by atoms with van der Waals surface area (Å²) in [6.45, 7) is 0. The van der Waals surface area contributed by atoms with Gasteiger partial charge in [0.2, 0.25) is 5.52 Å². The minimum atomic E-state index is -2.75. The van der Waals surface area contributed by atoms with Gasteiger partial charge in [-0.3, -0.25) is 14.2 Å². The molecule has 0 amide bonds. The summed E-state index contributed by atoms with van der Waals surface area (Å²) in [4.78, 5) is 26.1. The first-order chi connectivity index (χ1) is 14.1. The fourth-order valence-electron chi connectivity index (χ4n) is 2.66. The second kappa shape index (κ2) is 9.54. The maximum Gasteiger partial charge on any atom is 0.249 e. The van der Waals surface area contributed by atoms with Crippen LogP contribution in [0, 0.1) is 0 Å². The van der Waals surface area contributed by atoms with Gasteiger partial charge in [-0.15, -0.1) is 0 Å². The van der Waals surface area contributed by atoms with E-state index in [-0.39, 0.29) is 52.1 Å². The Balaban J connectivity index is 2.13. The largest absolute Gasteiger partial charge is 0.288 e. The molecule has 3 rings (SSSR count). The van der Waals surface area contributed by atoms with Gasteiger partial charge < -0.3 is 0 Å². The average molecular weight is 540 g/mol. The third-order valence-corrected chi connectivity index (χ3v) is 7.69. The Morgan fingerprint density at radius 1 is 0.667 bits per heavy atom. The van der Waals surface area contributed by atoms with Crippen LogP contribution in [0.3, 0.4) is 0 Å². The Hall–Kier alpha value is -1.16. The first-order valence-corrected chi connectivity index (χ1v) is 11.6. The monoisotopic (exact) mass is 537 g/mol. The van der Waals surface area contributed by atoms with Gasteiger partial charge >= 0.3 is 0 Å². The van der Waals surface area contributed by atoms with Crippen LogP contribution in [0.4, 0.5) is 0 Å². The summed E-state index contributed by atoms with van der Waals surface area (Å²) < 4.78 is 13.1. The van der Waals surface area contributed by atoms with Gasteiger partial charge in [0.05, 0.1) is 46.6 Å². The van der Waals surface area contributed by atoms with Crippen molar-refractivity contribution in [3.63, 3.8) is 0 Å². The normalized spacial score (nSPS) is 11.3. The van der Waals surface area contributed by atoms with Crippen LogP contribution >= 0.6 is 77.4 Å². The Bertz CT molecular complexity index is 1180. The number of benzene rings is 3. The van der Waals surface area contributed by atoms with Crippen LogP contribution in [0.5, 0.6) is 0 Å². The van der Waals surface area contributed by atoms with Crippen LogP contribution in [-0.4, -0.2) is 11.3 Å². The maximum atomic E-state index is 13.2. The molecular formula is C20H8Cl6O3P. The van der Waals surface area contributed by atoms with Crippen molar-refractivity contribution in [1.29, 1.82) is 0 Å². The van der Waals surface area contributed by atoms with E-state index in [0.717, 1.165) is 0 Å². The molecule has 10 heteroatoms. The van der Waals surface area contributed by atoms with Crippen LogP contribution in [0.15, 0.2) is 48.5 Å². The van der Waals surface area contributed by atoms with Gasteiger partial charge in [-0.1, -0.05) is 87.8 Å². The lowest BCUT2D eigenvalue weighted by atomic mass is 10.0. The van der Waals surface area contributed by atoms with E-state index in [4.69, 9.17) is 69.6 Å². The summed E-state index contributed by atoms with van der Waals surface area (Å²) in [6, 6.07) is 11.6. The molecule has 0 aromatic heterocycles. The van der Waals surface area contributed by atoms with E-state index in [1.54, 1.807) is 12.1 Å². The molecule has 0 fully saturated rings. The molecule has 30 heavy (non-hydrogen) atoms. The minimum absolute atomic E-state index is 0.0233. The second-order valence-electron chi connectivity index (χ2n) is 5.89. The zero-order valence-corrected chi connectivity index (χ0v) is 20.0. The lowest BCUT2D eigenvalue weighted by Gasteiger charge is -2.12. The molecule has 1 atom stereocenters. The van der Waals surface area contributed by atoms with Gasteiger partial charge in [0.1, 0.15) is 0 Å². The lowest BCUT2D eigenvalue weighted by molar-refractivity contribution is 0.103. The quantitative estimate of drug-likeness (QED) is 0.187. The fourth-order valence-corrected chi connectivity index (χ4v) is 5.62. The lowest BCUT2D eigenvalue weighted by Crippen LogP contribution is -2.17. The molecule has 0 heterocycles. The van der Waals surface area contributed by atoms with Gasteiger partial charge in [0, 0.05) is 5.56 Å². The summed E-state index contributed by atoms with van der Waals surface area (Å²) in [6.07, 6.45) is 0. The Labute approximate surface area is 202 Å². The first-order valence-electron chi connectivity index (χ1n) is 8.07. The van der Waals surface area contributed by atoms with Gasteiger partial charge in [0.15, 0.2) is 13.6 Å². The highest BCUT2D eigenvalue weighted by atomic mass is 35.5. The highest BCUT2D eigenvalue weighted by Crippen LogP contribution is 2.40. The van der Waals surface area contributed by atoms with Crippen molar-refractivity contribution in [1.82, 2.24) is 0 Å². The van der Waals surface area contributed by atoms with E-state index in [1.165, 1.54) is 36.4 Å². The molecule has 3 aromatic rings. The summed E-state index contributed by atoms with van der Waals surface area (Å²) in [5.74, 6) is -0.689. The SMILES string of the molecule is O=C(c1ccccc1[P](=O)C(=O)c1c(Cl)cccc1Cl)c1c(Cl)c(Cl)cc(Cl)c1Cl. The van der Waals surface area contributed by atoms with Crippen LogP contribution in [0.1, 0.15) is 26.3 Å². The van der Waals surface area contributed by atoms with Crippen LogP contribution in [-0.2, 0) is 4.57 Å². The van der Waals surface area contributed by atoms with Crippen LogP contribution in [0.2, 0.25) is 30.1 Å².